The zero-order chi connectivity index (χ0) is 18.1. The van der Waals surface area contributed by atoms with Crippen molar-refractivity contribution in [2.24, 2.45) is 11.8 Å². The van der Waals surface area contributed by atoms with Crippen LogP contribution in [0.2, 0.25) is 0 Å². The Bertz CT molecular complexity index is 457. The van der Waals surface area contributed by atoms with Crippen LogP contribution in [0.4, 0.5) is 0 Å². The van der Waals surface area contributed by atoms with Crippen LogP contribution in [0.25, 0.3) is 0 Å². The maximum Gasteiger partial charge on any atom is 0.303 e. The van der Waals surface area contributed by atoms with Gasteiger partial charge in [0.05, 0.1) is 18.3 Å². The summed E-state index contributed by atoms with van der Waals surface area (Å²) in [7, 11) is 0. The third-order valence-electron chi connectivity index (χ3n) is 5.48. The first kappa shape index (κ1) is 20.2. The van der Waals surface area contributed by atoms with Crippen LogP contribution in [0.1, 0.15) is 71.1 Å². The van der Waals surface area contributed by atoms with E-state index in [1.165, 1.54) is 12.8 Å². The van der Waals surface area contributed by atoms with E-state index in [-0.39, 0.29) is 12.5 Å². The molecule has 0 aromatic carbocycles. The molecule has 0 aliphatic carbocycles. The molecule has 2 bridgehead atoms. The fraction of sp³-hybridized carbons (Fsp3) is 0.762. The van der Waals surface area contributed by atoms with Crippen molar-refractivity contribution in [2.45, 2.75) is 89.4 Å². The fourth-order valence-corrected chi connectivity index (χ4v) is 4.09. The summed E-state index contributed by atoms with van der Waals surface area (Å²) < 4.78 is 6.09. The van der Waals surface area contributed by atoms with E-state index in [1.807, 2.05) is 6.08 Å². The largest absolute Gasteiger partial charge is 0.481 e. The summed E-state index contributed by atoms with van der Waals surface area (Å²) in [6, 6.07) is 0. The fourth-order valence-electron chi connectivity index (χ4n) is 4.09. The number of hydrogen-bond acceptors (Lipinski definition) is 3. The van der Waals surface area contributed by atoms with Crippen molar-refractivity contribution in [3.8, 4) is 0 Å². The van der Waals surface area contributed by atoms with Crippen LogP contribution < -0.4 is 0 Å². The smallest absolute Gasteiger partial charge is 0.303 e. The SMILES string of the molecule is CCCCC[C@@H](O)/C=C/[C@H]1[C@@H](C/C=C/CCCC(=O)O)[C@H]2CC[C@@H]1O2. The number of aliphatic hydroxyl groups is 1. The minimum atomic E-state index is -0.724. The Kier molecular flexibility index (Phi) is 8.70. The van der Waals surface area contributed by atoms with E-state index in [9.17, 15) is 9.90 Å². The number of aliphatic hydroxyl groups excluding tert-OH is 1. The van der Waals surface area contributed by atoms with Gasteiger partial charge in [0, 0.05) is 12.3 Å². The molecule has 2 rings (SSSR count). The maximum atomic E-state index is 10.5. The van der Waals surface area contributed by atoms with E-state index in [4.69, 9.17) is 9.84 Å². The summed E-state index contributed by atoms with van der Waals surface area (Å²) in [6.07, 6.45) is 18.1. The van der Waals surface area contributed by atoms with Gasteiger partial charge in [-0.25, -0.2) is 0 Å². The van der Waals surface area contributed by atoms with E-state index >= 15 is 0 Å². The summed E-state index contributed by atoms with van der Waals surface area (Å²) >= 11 is 0. The first-order valence-electron chi connectivity index (χ1n) is 10.0. The highest BCUT2D eigenvalue weighted by molar-refractivity contribution is 5.66. The van der Waals surface area contributed by atoms with E-state index in [2.05, 4.69) is 25.2 Å². The second-order valence-electron chi connectivity index (χ2n) is 7.47. The molecule has 0 radical (unpaired) electrons. The van der Waals surface area contributed by atoms with Gasteiger partial charge >= 0.3 is 5.97 Å². The number of aliphatic carboxylic acids is 1. The van der Waals surface area contributed by atoms with Crippen molar-refractivity contribution in [2.75, 3.05) is 0 Å². The zero-order valence-electron chi connectivity index (χ0n) is 15.5. The van der Waals surface area contributed by atoms with E-state index in [0.29, 0.717) is 30.5 Å². The topological polar surface area (TPSA) is 66.8 Å². The highest BCUT2D eigenvalue weighted by atomic mass is 16.5. The van der Waals surface area contributed by atoms with Crippen LogP contribution in [0.5, 0.6) is 0 Å². The Morgan fingerprint density at radius 2 is 2.00 bits per heavy atom. The molecule has 0 aromatic heterocycles. The molecule has 2 heterocycles. The highest BCUT2D eigenvalue weighted by Crippen LogP contribution is 2.45. The van der Waals surface area contributed by atoms with Crippen molar-refractivity contribution in [3.05, 3.63) is 24.3 Å². The van der Waals surface area contributed by atoms with Gasteiger partial charge in [-0.1, -0.05) is 50.5 Å². The van der Waals surface area contributed by atoms with E-state index in [0.717, 1.165) is 38.5 Å². The molecule has 0 unspecified atom stereocenters. The Hall–Kier alpha value is -1.13. The van der Waals surface area contributed by atoms with Crippen LogP contribution in [-0.4, -0.2) is 34.5 Å². The van der Waals surface area contributed by atoms with E-state index < -0.39 is 5.97 Å². The molecular formula is C21H34O4. The van der Waals surface area contributed by atoms with Gasteiger partial charge in [0.15, 0.2) is 0 Å². The number of allylic oxidation sites excluding steroid dienone is 2. The number of fused-ring (bicyclic) bond motifs is 2. The molecule has 2 aliphatic rings. The highest BCUT2D eigenvalue weighted by Gasteiger charge is 2.46. The van der Waals surface area contributed by atoms with Crippen LogP contribution in [0.15, 0.2) is 24.3 Å². The molecule has 0 aromatic rings. The van der Waals surface area contributed by atoms with Gasteiger partial charge in [0.2, 0.25) is 0 Å². The molecule has 142 valence electrons. The second-order valence-corrected chi connectivity index (χ2v) is 7.47. The number of unbranched alkanes of at least 4 members (excludes halogenated alkanes) is 3. The number of carbonyl (C=O) groups is 1. The van der Waals surface area contributed by atoms with Gasteiger partial charge in [0.25, 0.3) is 0 Å². The Balaban J connectivity index is 1.78. The van der Waals surface area contributed by atoms with Crippen molar-refractivity contribution >= 4 is 5.97 Å². The molecule has 4 heteroatoms. The van der Waals surface area contributed by atoms with Gasteiger partial charge < -0.3 is 14.9 Å². The van der Waals surface area contributed by atoms with Crippen molar-refractivity contribution in [3.63, 3.8) is 0 Å². The van der Waals surface area contributed by atoms with Crippen LogP contribution in [0.3, 0.4) is 0 Å². The molecule has 2 fully saturated rings. The predicted octanol–water partition coefficient (Wildman–Crippen LogP) is 4.48. The molecule has 0 amide bonds. The molecule has 2 saturated heterocycles. The summed E-state index contributed by atoms with van der Waals surface area (Å²) in [5.74, 6) is 0.175. The lowest BCUT2D eigenvalue weighted by atomic mass is 9.77. The maximum absolute atomic E-state index is 10.5. The average molecular weight is 350 g/mol. The Morgan fingerprint density at radius 1 is 1.20 bits per heavy atom. The van der Waals surface area contributed by atoms with Gasteiger partial charge in [0.1, 0.15) is 0 Å². The monoisotopic (exact) mass is 350 g/mol. The van der Waals surface area contributed by atoms with E-state index in [1.54, 1.807) is 0 Å². The first-order chi connectivity index (χ1) is 12.1. The molecule has 5 atom stereocenters. The molecule has 0 saturated carbocycles. The summed E-state index contributed by atoms with van der Waals surface area (Å²) in [5, 5.41) is 18.8. The van der Waals surface area contributed by atoms with Gasteiger partial charge in [-0.2, -0.15) is 0 Å². The average Bonchev–Trinajstić information content (AvgIpc) is 3.17. The minimum Gasteiger partial charge on any atom is -0.481 e. The lowest BCUT2D eigenvalue weighted by Crippen LogP contribution is -2.25. The normalized spacial score (nSPS) is 29.8. The molecule has 2 aliphatic heterocycles. The third-order valence-corrected chi connectivity index (χ3v) is 5.48. The van der Waals surface area contributed by atoms with Crippen molar-refractivity contribution in [1.82, 2.24) is 0 Å². The number of ether oxygens (including phenoxy) is 1. The van der Waals surface area contributed by atoms with Crippen LogP contribution >= 0.6 is 0 Å². The van der Waals surface area contributed by atoms with Gasteiger partial charge in [-0.15, -0.1) is 0 Å². The van der Waals surface area contributed by atoms with Crippen molar-refractivity contribution < 1.29 is 19.7 Å². The molecular weight excluding hydrogens is 316 g/mol. The second kappa shape index (κ2) is 10.8. The first-order valence-corrected chi connectivity index (χ1v) is 10.0. The minimum absolute atomic E-state index is 0.239. The van der Waals surface area contributed by atoms with Crippen LogP contribution in [0, 0.1) is 11.8 Å². The summed E-state index contributed by atoms with van der Waals surface area (Å²) in [6.45, 7) is 2.18. The summed E-state index contributed by atoms with van der Waals surface area (Å²) in [4.78, 5) is 10.5. The third kappa shape index (κ3) is 6.59. The lowest BCUT2D eigenvalue weighted by Gasteiger charge is -2.25. The quantitative estimate of drug-likeness (QED) is 0.402. The molecule has 0 spiro atoms. The molecule has 25 heavy (non-hydrogen) atoms. The Labute approximate surface area is 152 Å². The van der Waals surface area contributed by atoms with Crippen molar-refractivity contribution in [1.29, 1.82) is 0 Å². The van der Waals surface area contributed by atoms with Crippen LogP contribution in [-0.2, 0) is 9.53 Å². The summed E-state index contributed by atoms with van der Waals surface area (Å²) in [5.41, 5.74) is 0. The number of carboxylic acids is 1. The molecule has 4 nitrogen and oxygen atoms in total. The number of carboxylic acid groups (broad SMARTS) is 1. The number of hydrogen-bond donors (Lipinski definition) is 2. The Morgan fingerprint density at radius 3 is 2.76 bits per heavy atom. The van der Waals surface area contributed by atoms with Gasteiger partial charge in [-0.05, 0) is 44.4 Å². The zero-order valence-corrected chi connectivity index (χ0v) is 15.5. The lowest BCUT2D eigenvalue weighted by molar-refractivity contribution is -0.137. The number of rotatable bonds is 12. The molecule has 2 N–H and O–H groups in total. The standard InChI is InChI=1S/C21H34O4/c1-2-3-6-9-16(22)12-13-18-17(19-14-15-20(18)25-19)10-7-4-5-8-11-21(23)24/h4,7,12-13,16-20,22H,2-3,5-6,8-11,14-15H2,1H3,(H,23,24)/b7-4+,13-12+/t16-,17-,18+,19-,20+/m1/s1. The van der Waals surface area contributed by atoms with Gasteiger partial charge in [-0.3, -0.25) is 4.79 Å². The predicted molar refractivity (Wildman–Crippen MR) is 99.4 cm³/mol.